The summed E-state index contributed by atoms with van der Waals surface area (Å²) in [4.78, 5) is 17.1. The van der Waals surface area contributed by atoms with Crippen molar-refractivity contribution >= 4 is 11.5 Å². The summed E-state index contributed by atoms with van der Waals surface area (Å²) in [6, 6.07) is 8.98. The third-order valence-corrected chi connectivity index (χ3v) is 7.08. The lowest BCUT2D eigenvalue weighted by Gasteiger charge is -2.38. The number of fused-ring (bicyclic) bond motifs is 1. The van der Waals surface area contributed by atoms with Crippen LogP contribution in [0.25, 0.3) is 5.57 Å². The summed E-state index contributed by atoms with van der Waals surface area (Å²) >= 11 is 0. The number of alkyl halides is 3. The molecule has 180 valence electrons. The maximum absolute atomic E-state index is 13.5. The smallest absolute Gasteiger partial charge is 0.433 e. The van der Waals surface area contributed by atoms with Gasteiger partial charge in [0.05, 0.1) is 11.6 Å². The molecular weight excluding hydrogens is 445 g/mol. The minimum Gasteiger partial charge on any atom is -0.487 e. The van der Waals surface area contributed by atoms with Crippen LogP contribution in [0.3, 0.4) is 0 Å². The minimum absolute atomic E-state index is 0.0212. The third-order valence-electron chi connectivity index (χ3n) is 7.08. The normalized spacial score (nSPS) is 19.1. The molecule has 1 aromatic heterocycles. The van der Waals surface area contributed by atoms with E-state index in [-0.39, 0.29) is 24.1 Å². The highest BCUT2D eigenvalue weighted by molar-refractivity contribution is 5.73. The molecule has 0 bridgehead atoms. The van der Waals surface area contributed by atoms with Gasteiger partial charge in [0.2, 0.25) is 0 Å². The van der Waals surface area contributed by atoms with Crippen molar-refractivity contribution in [3.8, 4) is 5.75 Å². The molecule has 0 atom stereocenters. The zero-order valence-corrected chi connectivity index (χ0v) is 19.0. The molecule has 0 spiro atoms. The van der Waals surface area contributed by atoms with Crippen molar-refractivity contribution in [2.45, 2.75) is 51.3 Å². The molecule has 1 saturated heterocycles. The van der Waals surface area contributed by atoms with Crippen molar-refractivity contribution in [1.29, 1.82) is 0 Å². The minimum atomic E-state index is -4.47. The second-order valence-corrected chi connectivity index (χ2v) is 9.58. The number of carboxylic acids is 1. The number of rotatable bonds is 7. The zero-order chi connectivity index (χ0) is 24.0. The lowest BCUT2D eigenvalue weighted by atomic mass is 9.85. The van der Waals surface area contributed by atoms with Crippen molar-refractivity contribution < 1.29 is 27.8 Å². The number of hydrogen-bond acceptors (Lipinski definition) is 4. The number of aryl methyl sites for hydroxylation is 1. The first-order valence-corrected chi connectivity index (χ1v) is 11.7. The van der Waals surface area contributed by atoms with Crippen LogP contribution in [-0.2, 0) is 24.0 Å². The Kier molecular flexibility index (Phi) is 5.88. The summed E-state index contributed by atoms with van der Waals surface area (Å²) < 4.78 is 46.2. The first-order valence-electron chi connectivity index (χ1n) is 11.7. The summed E-state index contributed by atoms with van der Waals surface area (Å²) in [6.07, 6.45) is -1.15. The van der Waals surface area contributed by atoms with Crippen LogP contribution in [0.15, 0.2) is 35.9 Å². The molecule has 0 amide bonds. The molecule has 2 heterocycles. The summed E-state index contributed by atoms with van der Waals surface area (Å²) in [7, 11) is 0. The molecule has 2 aromatic rings. The van der Waals surface area contributed by atoms with Crippen molar-refractivity contribution in [2.75, 3.05) is 19.6 Å². The van der Waals surface area contributed by atoms with Crippen molar-refractivity contribution in [3.05, 3.63) is 64.0 Å². The zero-order valence-electron chi connectivity index (χ0n) is 19.0. The lowest BCUT2D eigenvalue weighted by Crippen LogP contribution is -2.50. The van der Waals surface area contributed by atoms with E-state index in [2.05, 4.69) is 16.8 Å². The summed E-state index contributed by atoms with van der Waals surface area (Å²) in [5.74, 6) is -0.403. The van der Waals surface area contributed by atoms with Crippen LogP contribution < -0.4 is 4.74 Å². The Morgan fingerprint density at radius 1 is 1.18 bits per heavy atom. The van der Waals surface area contributed by atoms with Crippen LogP contribution in [-0.4, -0.2) is 40.6 Å². The molecular formula is C26H27F3N2O3. The molecule has 2 fully saturated rings. The number of allylic oxidation sites excluding steroid dienone is 1. The monoisotopic (exact) mass is 472 g/mol. The Labute approximate surface area is 196 Å². The van der Waals surface area contributed by atoms with E-state index in [0.29, 0.717) is 24.4 Å². The third kappa shape index (κ3) is 4.69. The fraction of sp³-hybridized carbons (Fsp3) is 0.462. The van der Waals surface area contributed by atoms with Gasteiger partial charge in [-0.1, -0.05) is 17.7 Å². The van der Waals surface area contributed by atoms with E-state index in [1.807, 2.05) is 18.2 Å². The predicted octanol–water partition coefficient (Wildman–Crippen LogP) is 5.29. The van der Waals surface area contributed by atoms with Gasteiger partial charge in [-0.05, 0) is 79.0 Å². The molecule has 5 nitrogen and oxygen atoms in total. The Bertz CT molecular complexity index is 1150. The van der Waals surface area contributed by atoms with Crippen LogP contribution >= 0.6 is 0 Å². The molecule has 2 aliphatic carbocycles. The van der Waals surface area contributed by atoms with Crippen LogP contribution in [0.2, 0.25) is 0 Å². The number of pyridine rings is 1. The van der Waals surface area contributed by atoms with Gasteiger partial charge in [-0.3, -0.25) is 9.69 Å². The number of hydrogen-bond donors (Lipinski definition) is 1. The second kappa shape index (κ2) is 8.73. The highest BCUT2D eigenvalue weighted by Gasteiger charge is 2.40. The van der Waals surface area contributed by atoms with E-state index in [1.54, 1.807) is 12.1 Å². The van der Waals surface area contributed by atoms with Gasteiger partial charge in [0, 0.05) is 19.6 Å². The van der Waals surface area contributed by atoms with Gasteiger partial charge >= 0.3 is 12.1 Å². The fourth-order valence-corrected chi connectivity index (χ4v) is 4.92. The number of aliphatic carboxylic acids is 1. The number of aromatic nitrogens is 1. The van der Waals surface area contributed by atoms with E-state index in [4.69, 9.17) is 9.84 Å². The summed E-state index contributed by atoms with van der Waals surface area (Å²) in [6.45, 7) is 4.05. The lowest BCUT2D eigenvalue weighted by molar-refractivity contribution is -0.147. The SMILES string of the molecule is CC1=C(CN2CC(C(=O)O)C2)CCc2cc(OCc3ccc(C4CC4)c(C(F)(F)F)n3)ccc21. The standard InChI is InChI=1S/C26H27F3N2O3/c1-15-18(11-31-12-19(13-31)25(32)33)5-4-17-10-21(7-9-22(15)17)34-14-20-6-8-23(16-2-3-16)24(30-20)26(27,28)29/h6-10,16,19H,2-5,11-14H2,1H3,(H,32,33). The Morgan fingerprint density at radius 3 is 2.62 bits per heavy atom. The Balaban J connectivity index is 1.25. The maximum atomic E-state index is 13.5. The first-order chi connectivity index (χ1) is 16.2. The molecule has 34 heavy (non-hydrogen) atoms. The summed E-state index contributed by atoms with van der Waals surface area (Å²) in [5.41, 5.74) is 4.60. The highest BCUT2D eigenvalue weighted by Crippen LogP contribution is 2.45. The molecule has 5 rings (SSSR count). The van der Waals surface area contributed by atoms with Crippen LogP contribution in [0.5, 0.6) is 5.75 Å². The maximum Gasteiger partial charge on any atom is 0.433 e. The molecule has 1 aromatic carbocycles. The quantitative estimate of drug-likeness (QED) is 0.593. The number of carboxylic acid groups (broad SMARTS) is 1. The average Bonchev–Trinajstić information content (AvgIpc) is 3.60. The molecule has 8 heteroatoms. The number of carbonyl (C=O) groups is 1. The summed E-state index contributed by atoms with van der Waals surface area (Å²) in [5, 5.41) is 9.06. The van der Waals surface area contributed by atoms with Gasteiger partial charge < -0.3 is 9.84 Å². The molecule has 1 saturated carbocycles. The van der Waals surface area contributed by atoms with Crippen LogP contribution in [0.1, 0.15) is 60.2 Å². The first kappa shape index (κ1) is 22.9. The Hall–Kier alpha value is -2.87. The molecule has 1 aliphatic heterocycles. The second-order valence-electron chi connectivity index (χ2n) is 9.58. The van der Waals surface area contributed by atoms with Gasteiger partial charge in [-0.15, -0.1) is 0 Å². The van der Waals surface area contributed by atoms with Crippen LogP contribution in [0.4, 0.5) is 13.2 Å². The number of benzene rings is 1. The van der Waals surface area contributed by atoms with Gasteiger partial charge in [0.1, 0.15) is 18.1 Å². The van der Waals surface area contributed by atoms with Gasteiger partial charge in [0.25, 0.3) is 0 Å². The topological polar surface area (TPSA) is 62.7 Å². The van der Waals surface area contributed by atoms with Crippen molar-refractivity contribution in [3.63, 3.8) is 0 Å². The molecule has 0 unspecified atom stereocenters. The average molecular weight is 473 g/mol. The molecule has 1 N–H and O–H groups in total. The van der Waals surface area contributed by atoms with E-state index >= 15 is 0 Å². The van der Waals surface area contributed by atoms with Gasteiger partial charge in [0.15, 0.2) is 0 Å². The van der Waals surface area contributed by atoms with Gasteiger partial charge in [-0.25, -0.2) is 4.98 Å². The van der Waals surface area contributed by atoms with E-state index in [0.717, 1.165) is 43.4 Å². The van der Waals surface area contributed by atoms with E-state index in [1.165, 1.54) is 11.1 Å². The molecule has 3 aliphatic rings. The largest absolute Gasteiger partial charge is 0.487 e. The molecule has 0 radical (unpaired) electrons. The van der Waals surface area contributed by atoms with E-state index < -0.39 is 17.8 Å². The predicted molar refractivity (Wildman–Crippen MR) is 120 cm³/mol. The number of likely N-dealkylation sites (tertiary alicyclic amines) is 1. The van der Waals surface area contributed by atoms with Crippen molar-refractivity contribution in [2.24, 2.45) is 5.92 Å². The number of nitrogens with zero attached hydrogens (tertiary/aromatic N) is 2. The Morgan fingerprint density at radius 2 is 1.94 bits per heavy atom. The number of halogens is 3. The van der Waals surface area contributed by atoms with Crippen molar-refractivity contribution in [1.82, 2.24) is 9.88 Å². The van der Waals surface area contributed by atoms with Crippen LogP contribution in [0, 0.1) is 5.92 Å². The van der Waals surface area contributed by atoms with Gasteiger partial charge in [-0.2, -0.15) is 13.2 Å². The number of ether oxygens (including phenoxy) is 1. The highest BCUT2D eigenvalue weighted by atomic mass is 19.4. The fourth-order valence-electron chi connectivity index (χ4n) is 4.92. The van der Waals surface area contributed by atoms with E-state index in [9.17, 15) is 18.0 Å².